The molecule has 2 atom stereocenters. The Morgan fingerprint density at radius 3 is 2.76 bits per heavy atom. The van der Waals surface area contributed by atoms with Crippen molar-refractivity contribution in [2.45, 2.75) is 49.5 Å². The van der Waals surface area contributed by atoms with Crippen LogP contribution in [-0.2, 0) is 16.4 Å². The molecule has 2 N–H and O–H groups in total. The van der Waals surface area contributed by atoms with Gasteiger partial charge in [-0.25, -0.2) is 22.5 Å². The number of aliphatic hydroxyl groups excluding tert-OH is 1. The lowest BCUT2D eigenvalue weighted by molar-refractivity contribution is 0.215. The molecule has 2 aliphatic rings. The van der Waals surface area contributed by atoms with Gasteiger partial charge in [0.15, 0.2) is 0 Å². The van der Waals surface area contributed by atoms with Gasteiger partial charge < -0.3 is 10.0 Å². The summed E-state index contributed by atoms with van der Waals surface area (Å²) in [5.41, 5.74) is 2.46. The van der Waals surface area contributed by atoms with Crippen LogP contribution in [0.1, 0.15) is 49.3 Å². The summed E-state index contributed by atoms with van der Waals surface area (Å²) in [5.74, 6) is 0.868. The summed E-state index contributed by atoms with van der Waals surface area (Å²) in [6, 6.07) is 13.0. The van der Waals surface area contributed by atoms with Crippen molar-refractivity contribution in [3.63, 3.8) is 0 Å². The Morgan fingerprint density at radius 1 is 1.03 bits per heavy atom. The Bertz CT molecular complexity index is 1300. The van der Waals surface area contributed by atoms with Crippen molar-refractivity contribution in [2.75, 3.05) is 24.6 Å². The van der Waals surface area contributed by atoms with Gasteiger partial charge in [0, 0.05) is 31.1 Å². The molecule has 2 aromatic carbocycles. The van der Waals surface area contributed by atoms with Crippen molar-refractivity contribution in [1.29, 1.82) is 0 Å². The van der Waals surface area contributed by atoms with Gasteiger partial charge in [0.2, 0.25) is 10.0 Å². The highest BCUT2D eigenvalue weighted by Gasteiger charge is 2.26. The van der Waals surface area contributed by atoms with Gasteiger partial charge in [-0.3, -0.25) is 0 Å². The lowest BCUT2D eigenvalue weighted by Crippen LogP contribution is -2.31. The lowest BCUT2D eigenvalue weighted by atomic mass is 9.88. The molecule has 5 rings (SSSR count). The molecule has 180 valence electrons. The first kappa shape index (κ1) is 23.2. The molecule has 1 saturated heterocycles. The van der Waals surface area contributed by atoms with Crippen molar-refractivity contribution in [3.8, 4) is 0 Å². The highest BCUT2D eigenvalue weighted by atomic mass is 32.2. The van der Waals surface area contributed by atoms with Crippen molar-refractivity contribution in [1.82, 2.24) is 9.71 Å². The molecular weight excluding hydrogens is 453 g/mol. The van der Waals surface area contributed by atoms with Crippen LogP contribution in [0.25, 0.3) is 10.9 Å². The molecule has 1 aromatic heterocycles. The van der Waals surface area contributed by atoms with Crippen LogP contribution in [0, 0.1) is 11.7 Å². The number of aryl methyl sites for hydroxylation is 1. The topological polar surface area (TPSA) is 82.5 Å². The molecule has 0 bridgehead atoms. The Balaban J connectivity index is 1.37. The molecule has 0 radical (unpaired) electrons. The number of rotatable bonds is 5. The smallest absolute Gasteiger partial charge is 0.241 e. The van der Waals surface area contributed by atoms with E-state index < -0.39 is 16.1 Å². The van der Waals surface area contributed by atoms with E-state index in [9.17, 15) is 17.9 Å². The number of nitrogens with one attached hydrogen (secondary N) is 1. The second kappa shape index (κ2) is 9.60. The second-order valence-corrected chi connectivity index (χ2v) is 11.1. The molecule has 34 heavy (non-hydrogen) atoms. The number of pyridine rings is 1. The summed E-state index contributed by atoms with van der Waals surface area (Å²) in [6.45, 7) is 1.98. The fraction of sp³-hybridized carbons (Fsp3) is 0.423. The van der Waals surface area contributed by atoms with Crippen molar-refractivity contribution < 1.29 is 17.9 Å². The van der Waals surface area contributed by atoms with Gasteiger partial charge >= 0.3 is 0 Å². The molecule has 1 aliphatic carbocycles. The van der Waals surface area contributed by atoms with Gasteiger partial charge in [0.25, 0.3) is 0 Å². The number of aliphatic hydroxyl groups is 1. The minimum atomic E-state index is -3.79. The zero-order valence-electron chi connectivity index (χ0n) is 19.1. The summed E-state index contributed by atoms with van der Waals surface area (Å²) in [6.07, 6.45) is 5.30. The van der Waals surface area contributed by atoms with Gasteiger partial charge in [-0.05, 0) is 98.0 Å². The monoisotopic (exact) mass is 483 g/mol. The van der Waals surface area contributed by atoms with Gasteiger partial charge in [-0.2, -0.15) is 0 Å². The van der Waals surface area contributed by atoms with E-state index in [-0.39, 0.29) is 17.3 Å². The van der Waals surface area contributed by atoms with Crippen LogP contribution in [0.4, 0.5) is 10.2 Å². The normalized spacial score (nSPS) is 21.3. The highest BCUT2D eigenvalue weighted by Crippen LogP contribution is 2.32. The maximum atomic E-state index is 13.8. The van der Waals surface area contributed by atoms with E-state index in [0.717, 1.165) is 73.0 Å². The average Bonchev–Trinajstić information content (AvgIpc) is 3.09. The largest absolute Gasteiger partial charge is 0.396 e. The number of benzene rings is 2. The number of anilines is 1. The van der Waals surface area contributed by atoms with Gasteiger partial charge in [0.05, 0.1) is 10.4 Å². The van der Waals surface area contributed by atoms with Gasteiger partial charge in [-0.15, -0.1) is 0 Å². The van der Waals surface area contributed by atoms with Crippen LogP contribution in [0.5, 0.6) is 0 Å². The van der Waals surface area contributed by atoms with Crippen LogP contribution < -0.4 is 9.62 Å². The maximum Gasteiger partial charge on any atom is 0.241 e. The maximum absolute atomic E-state index is 13.8. The molecule has 2 heterocycles. The molecule has 0 saturated carbocycles. The fourth-order valence-corrected chi connectivity index (χ4v) is 6.45. The van der Waals surface area contributed by atoms with Crippen molar-refractivity contribution >= 4 is 26.7 Å². The predicted molar refractivity (Wildman–Crippen MR) is 131 cm³/mol. The minimum absolute atomic E-state index is 0.179. The quantitative estimate of drug-likeness (QED) is 0.565. The first-order chi connectivity index (χ1) is 16.4. The molecular formula is C26H30FN3O3S. The summed E-state index contributed by atoms with van der Waals surface area (Å²) in [7, 11) is -3.79. The SMILES string of the molecule is O=S(=O)(N[C@@H]1CCCc2ccc(F)cc21)c1ccc2nc(N3CCCC(CO)CC3)ccc2c1. The first-order valence-electron chi connectivity index (χ1n) is 12.0. The third-order valence-corrected chi connectivity index (χ3v) is 8.58. The molecule has 0 amide bonds. The van der Waals surface area contributed by atoms with E-state index in [0.29, 0.717) is 12.3 Å². The van der Waals surface area contributed by atoms with E-state index >= 15 is 0 Å². The average molecular weight is 484 g/mol. The number of hydrogen-bond donors (Lipinski definition) is 2. The third-order valence-electron chi connectivity index (χ3n) is 7.11. The molecule has 8 heteroatoms. The Morgan fingerprint density at radius 2 is 1.91 bits per heavy atom. The highest BCUT2D eigenvalue weighted by molar-refractivity contribution is 7.89. The molecule has 6 nitrogen and oxygen atoms in total. The Labute approximate surface area is 199 Å². The minimum Gasteiger partial charge on any atom is -0.396 e. The summed E-state index contributed by atoms with van der Waals surface area (Å²) in [4.78, 5) is 7.19. The predicted octanol–water partition coefficient (Wildman–Crippen LogP) is 4.33. The van der Waals surface area contributed by atoms with Crippen LogP contribution in [0.15, 0.2) is 53.4 Å². The van der Waals surface area contributed by atoms with Gasteiger partial charge in [-0.1, -0.05) is 6.07 Å². The molecule has 1 aliphatic heterocycles. The fourth-order valence-electron chi connectivity index (χ4n) is 5.16. The van der Waals surface area contributed by atoms with E-state index in [1.165, 1.54) is 12.1 Å². The first-order valence-corrected chi connectivity index (χ1v) is 13.5. The number of nitrogens with zero attached hydrogens (tertiary/aromatic N) is 2. The standard InChI is InChI=1S/C26H30FN3O3S/c27-21-8-6-19-4-1-5-25(23(19)16-21)29-34(32,33)22-9-10-24-20(15-22)7-11-26(28-24)30-13-2-3-18(17-31)12-14-30/h6-11,15-16,18,25,29,31H,1-5,12-14,17H2/t18?,25-/m1/s1. The summed E-state index contributed by atoms with van der Waals surface area (Å²) < 4.78 is 43.0. The van der Waals surface area contributed by atoms with Crippen LogP contribution in [0.3, 0.4) is 0 Å². The van der Waals surface area contributed by atoms with Crippen LogP contribution in [0.2, 0.25) is 0 Å². The molecule has 1 fully saturated rings. The number of halogens is 1. The lowest BCUT2D eigenvalue weighted by Gasteiger charge is -2.26. The molecule has 3 aromatic rings. The van der Waals surface area contributed by atoms with Crippen LogP contribution in [-0.4, -0.2) is 38.2 Å². The van der Waals surface area contributed by atoms with Crippen molar-refractivity contribution in [3.05, 3.63) is 65.5 Å². The molecule has 1 unspecified atom stereocenters. The van der Waals surface area contributed by atoms with E-state index in [1.54, 1.807) is 24.3 Å². The van der Waals surface area contributed by atoms with Crippen LogP contribution >= 0.6 is 0 Å². The van der Waals surface area contributed by atoms with E-state index in [1.807, 2.05) is 12.1 Å². The Kier molecular flexibility index (Phi) is 6.55. The third kappa shape index (κ3) is 4.80. The number of hydrogen-bond acceptors (Lipinski definition) is 5. The number of fused-ring (bicyclic) bond motifs is 2. The summed E-state index contributed by atoms with van der Waals surface area (Å²) >= 11 is 0. The summed E-state index contributed by atoms with van der Waals surface area (Å²) in [5, 5.41) is 10.2. The Hall–Kier alpha value is -2.55. The number of sulfonamides is 1. The zero-order valence-corrected chi connectivity index (χ0v) is 19.9. The molecule has 0 spiro atoms. The second-order valence-electron chi connectivity index (χ2n) is 9.40. The van der Waals surface area contributed by atoms with E-state index in [4.69, 9.17) is 4.98 Å². The number of aromatic nitrogens is 1. The van der Waals surface area contributed by atoms with Crippen molar-refractivity contribution in [2.24, 2.45) is 5.92 Å². The zero-order chi connectivity index (χ0) is 23.7. The van der Waals surface area contributed by atoms with E-state index in [2.05, 4.69) is 9.62 Å². The van der Waals surface area contributed by atoms with Gasteiger partial charge in [0.1, 0.15) is 11.6 Å².